The van der Waals surface area contributed by atoms with Crippen molar-refractivity contribution in [1.29, 1.82) is 0 Å². The fourth-order valence-corrected chi connectivity index (χ4v) is 3.70. The maximum absolute atomic E-state index is 11.5. The lowest BCUT2D eigenvalue weighted by Crippen LogP contribution is -2.42. The molecule has 1 heterocycles. The van der Waals surface area contributed by atoms with E-state index in [-0.39, 0.29) is 23.7 Å². The van der Waals surface area contributed by atoms with Gasteiger partial charge in [0.1, 0.15) is 0 Å². The minimum absolute atomic E-state index is 0.347. The summed E-state index contributed by atoms with van der Waals surface area (Å²) in [4.78, 5) is 0. The number of hydrogen-bond donors (Lipinski definition) is 1. The highest BCUT2D eigenvalue weighted by Crippen LogP contribution is 2.56. The maximum atomic E-state index is 11.5. The molecule has 1 aromatic carbocycles. The highest BCUT2D eigenvalue weighted by atomic mass is 16.7. The molecule has 1 aliphatic carbocycles. The molecule has 1 saturated carbocycles. The van der Waals surface area contributed by atoms with E-state index in [1.54, 1.807) is 0 Å². The molecule has 1 aromatic rings. The molecule has 1 aliphatic heterocycles. The molecule has 0 unspecified atom stereocenters. The lowest BCUT2D eigenvalue weighted by molar-refractivity contribution is -0.0521. The second-order valence-electron chi connectivity index (χ2n) is 8.98. The molecule has 1 saturated heterocycles. The molecule has 0 radical (unpaired) electrons. The zero-order valence-electron chi connectivity index (χ0n) is 16.4. The van der Waals surface area contributed by atoms with Gasteiger partial charge in [-0.2, -0.15) is 0 Å². The Morgan fingerprint density at radius 3 is 2.04 bits per heavy atom. The number of hydrogen-bond acceptors (Lipinski definition) is 3. The molecule has 136 valence electrons. The second kappa shape index (κ2) is 5.97. The summed E-state index contributed by atoms with van der Waals surface area (Å²) in [6.07, 6.45) is 4.42. The van der Waals surface area contributed by atoms with Crippen LogP contribution in [0.5, 0.6) is 0 Å². The first-order valence-electron chi connectivity index (χ1n) is 9.32. The predicted molar refractivity (Wildman–Crippen MR) is 102 cm³/mol. The van der Waals surface area contributed by atoms with Gasteiger partial charge in [-0.25, -0.2) is 0 Å². The van der Waals surface area contributed by atoms with Crippen LogP contribution in [0, 0.1) is 11.3 Å². The summed E-state index contributed by atoms with van der Waals surface area (Å²) in [7, 11) is -0.380. The smallest absolute Gasteiger partial charge is 0.400 e. The first-order valence-corrected chi connectivity index (χ1v) is 9.32. The molecular formula is C21H31BO3. The van der Waals surface area contributed by atoms with E-state index >= 15 is 0 Å². The zero-order valence-corrected chi connectivity index (χ0v) is 16.4. The Balaban J connectivity index is 1.87. The van der Waals surface area contributed by atoms with E-state index in [1.165, 1.54) is 0 Å². The third-order valence-corrected chi connectivity index (χ3v) is 6.68. The van der Waals surface area contributed by atoms with Crippen LogP contribution < -0.4 is 0 Å². The lowest BCUT2D eigenvalue weighted by atomic mass is 9.65. The van der Waals surface area contributed by atoms with Crippen LogP contribution in [0.2, 0.25) is 0 Å². The molecule has 0 bridgehead atoms. The molecule has 1 N–H and O–H groups in total. The summed E-state index contributed by atoms with van der Waals surface area (Å²) in [6, 6.07) is 9.95. The van der Waals surface area contributed by atoms with Gasteiger partial charge >= 0.3 is 7.12 Å². The van der Waals surface area contributed by atoms with Crippen molar-refractivity contribution in [1.82, 2.24) is 0 Å². The molecule has 2 atom stereocenters. The van der Waals surface area contributed by atoms with Gasteiger partial charge in [-0.05, 0) is 58.9 Å². The monoisotopic (exact) mass is 342 g/mol. The van der Waals surface area contributed by atoms with Crippen molar-refractivity contribution in [3.05, 3.63) is 47.9 Å². The molecular weight excluding hydrogens is 311 g/mol. The Hall–Kier alpha value is -1.10. The summed E-state index contributed by atoms with van der Waals surface area (Å²) in [5.74, 6) is 2.47. The van der Waals surface area contributed by atoms with Crippen LogP contribution in [-0.2, 0) is 14.9 Å². The van der Waals surface area contributed by atoms with E-state index in [0.29, 0.717) is 5.92 Å². The Morgan fingerprint density at radius 2 is 1.56 bits per heavy atom. The molecule has 3 rings (SSSR count). The normalized spacial score (nSPS) is 27.2. The summed E-state index contributed by atoms with van der Waals surface area (Å²) in [6.45, 7) is 12.3. The summed E-state index contributed by atoms with van der Waals surface area (Å²) in [5, 5.41) is 11.5. The van der Waals surface area contributed by atoms with Crippen LogP contribution in [0.25, 0.3) is 0 Å². The number of rotatable bonds is 5. The summed E-state index contributed by atoms with van der Waals surface area (Å²) in [5.41, 5.74) is -1.06. The Kier molecular flexibility index (Phi) is 4.46. The molecule has 0 amide bonds. The van der Waals surface area contributed by atoms with Crippen LogP contribution in [0.1, 0.15) is 59.9 Å². The number of benzene rings is 1. The van der Waals surface area contributed by atoms with Crippen molar-refractivity contribution in [3.8, 4) is 0 Å². The Bertz CT molecular complexity index is 630. The average molecular weight is 342 g/mol. The first kappa shape index (κ1) is 18.7. The highest BCUT2D eigenvalue weighted by Gasteiger charge is 2.54. The SMILES string of the molecule is CC1(C)OB(/C=C/[C@](C)(C2CC2)[C@](C)(O)c2ccccc2)OC1(C)C. The largest absolute Gasteiger partial charge is 0.486 e. The topological polar surface area (TPSA) is 38.7 Å². The van der Waals surface area contributed by atoms with Crippen LogP contribution in [0.15, 0.2) is 42.4 Å². The van der Waals surface area contributed by atoms with Gasteiger partial charge in [0, 0.05) is 5.41 Å². The number of aliphatic hydroxyl groups is 1. The van der Waals surface area contributed by atoms with E-state index in [2.05, 4.69) is 40.7 Å². The van der Waals surface area contributed by atoms with Crippen molar-refractivity contribution in [2.24, 2.45) is 11.3 Å². The Labute approximate surface area is 152 Å². The summed E-state index contributed by atoms with van der Waals surface area (Å²) < 4.78 is 12.2. The Morgan fingerprint density at radius 1 is 1.04 bits per heavy atom. The second-order valence-corrected chi connectivity index (χ2v) is 8.98. The van der Waals surface area contributed by atoms with Gasteiger partial charge in [-0.1, -0.05) is 49.3 Å². The lowest BCUT2D eigenvalue weighted by Gasteiger charge is -2.42. The molecule has 25 heavy (non-hydrogen) atoms. The van der Waals surface area contributed by atoms with Crippen LogP contribution in [0.4, 0.5) is 0 Å². The molecule has 4 heteroatoms. The molecule has 2 aliphatic rings. The van der Waals surface area contributed by atoms with Crippen LogP contribution in [-0.4, -0.2) is 23.4 Å². The van der Waals surface area contributed by atoms with Crippen LogP contribution >= 0.6 is 0 Å². The van der Waals surface area contributed by atoms with Crippen molar-refractivity contribution in [2.45, 2.75) is 71.2 Å². The van der Waals surface area contributed by atoms with E-state index in [4.69, 9.17) is 9.31 Å². The van der Waals surface area contributed by atoms with Crippen molar-refractivity contribution < 1.29 is 14.4 Å². The van der Waals surface area contributed by atoms with Gasteiger partial charge in [0.25, 0.3) is 0 Å². The van der Waals surface area contributed by atoms with E-state index < -0.39 is 5.60 Å². The van der Waals surface area contributed by atoms with Gasteiger partial charge in [-0.3, -0.25) is 0 Å². The van der Waals surface area contributed by atoms with Crippen molar-refractivity contribution in [2.75, 3.05) is 0 Å². The highest BCUT2D eigenvalue weighted by molar-refractivity contribution is 6.51. The average Bonchev–Trinajstić information content (AvgIpc) is 3.34. The minimum Gasteiger partial charge on any atom is -0.400 e. The van der Waals surface area contributed by atoms with Gasteiger partial charge in [0.15, 0.2) is 0 Å². The van der Waals surface area contributed by atoms with E-state index in [9.17, 15) is 5.11 Å². The summed E-state index contributed by atoms with van der Waals surface area (Å²) >= 11 is 0. The van der Waals surface area contributed by atoms with E-state index in [0.717, 1.165) is 18.4 Å². The van der Waals surface area contributed by atoms with Gasteiger partial charge < -0.3 is 14.4 Å². The van der Waals surface area contributed by atoms with Gasteiger partial charge in [0.05, 0.1) is 16.8 Å². The van der Waals surface area contributed by atoms with Crippen molar-refractivity contribution >= 4 is 7.12 Å². The molecule has 3 nitrogen and oxygen atoms in total. The zero-order chi connectivity index (χ0) is 18.5. The predicted octanol–water partition coefficient (Wildman–Crippen LogP) is 4.50. The fraction of sp³-hybridized carbons (Fsp3) is 0.619. The third-order valence-electron chi connectivity index (χ3n) is 6.68. The maximum Gasteiger partial charge on any atom is 0.486 e. The minimum atomic E-state index is -0.949. The van der Waals surface area contributed by atoms with Gasteiger partial charge in [0.2, 0.25) is 0 Å². The van der Waals surface area contributed by atoms with Gasteiger partial charge in [-0.15, -0.1) is 0 Å². The fourth-order valence-electron chi connectivity index (χ4n) is 3.70. The molecule has 0 spiro atoms. The van der Waals surface area contributed by atoms with Crippen molar-refractivity contribution in [3.63, 3.8) is 0 Å². The molecule has 0 aromatic heterocycles. The third kappa shape index (κ3) is 3.20. The standard InChI is InChI=1S/C21H31BO3/c1-18(2)19(3,4)25-22(24-18)15-14-20(5,16-12-13-16)21(6,23)17-10-8-7-9-11-17/h7-11,14-16,23H,12-13H2,1-6H3/b15-14+/t20-,21-/m1/s1. The van der Waals surface area contributed by atoms with E-state index in [1.807, 2.05) is 43.2 Å². The quantitative estimate of drug-likeness (QED) is 0.801. The first-order chi connectivity index (χ1) is 11.5. The van der Waals surface area contributed by atoms with Crippen LogP contribution in [0.3, 0.4) is 0 Å². The molecule has 2 fully saturated rings.